The Morgan fingerprint density at radius 2 is 2.17 bits per heavy atom. The van der Waals surface area contributed by atoms with Crippen molar-refractivity contribution in [2.75, 3.05) is 33.9 Å². The lowest BCUT2D eigenvalue weighted by Crippen LogP contribution is -2.37. The quantitative estimate of drug-likeness (QED) is 0.801. The van der Waals surface area contributed by atoms with Crippen molar-refractivity contribution in [2.45, 2.75) is 25.7 Å². The van der Waals surface area contributed by atoms with Gasteiger partial charge in [-0.3, -0.25) is 4.90 Å². The van der Waals surface area contributed by atoms with Gasteiger partial charge in [-0.2, -0.15) is 0 Å². The molecule has 0 fully saturated rings. The van der Waals surface area contributed by atoms with Crippen LogP contribution in [0.5, 0.6) is 5.75 Å². The minimum atomic E-state index is -0.187. The molecule has 23 heavy (non-hydrogen) atoms. The van der Waals surface area contributed by atoms with Crippen molar-refractivity contribution in [3.63, 3.8) is 0 Å². The topological polar surface area (TPSA) is 38.8 Å². The van der Waals surface area contributed by atoms with Gasteiger partial charge in [-0.1, -0.05) is 12.1 Å². The van der Waals surface area contributed by atoms with Crippen LogP contribution in [0.25, 0.3) is 0 Å². The van der Waals surface area contributed by atoms with Gasteiger partial charge in [0.2, 0.25) is 0 Å². The largest absolute Gasteiger partial charge is 0.497 e. The Labute approximate surface area is 138 Å². The predicted octanol–water partition coefficient (Wildman–Crippen LogP) is 2.61. The molecule has 3 rings (SSSR count). The Bertz CT molecular complexity index is 609. The van der Waals surface area contributed by atoms with Gasteiger partial charge >= 0.3 is 5.97 Å². The molecule has 0 bridgehead atoms. The number of ether oxygens (including phenoxy) is 2. The molecule has 4 heteroatoms. The molecule has 1 unspecified atom stereocenters. The number of rotatable bonds is 4. The SMILES string of the molecule is COC(=O)C1=CCCN(CC2CCc3ccc(OC)cc3C2)C1. The van der Waals surface area contributed by atoms with Gasteiger partial charge in [0.15, 0.2) is 0 Å². The van der Waals surface area contributed by atoms with Gasteiger partial charge in [-0.05, 0) is 54.9 Å². The summed E-state index contributed by atoms with van der Waals surface area (Å²) in [5, 5.41) is 0. The second-order valence-corrected chi connectivity index (χ2v) is 6.49. The summed E-state index contributed by atoms with van der Waals surface area (Å²) in [6.07, 6.45) is 6.40. The molecule has 0 amide bonds. The van der Waals surface area contributed by atoms with Gasteiger partial charge in [0.25, 0.3) is 0 Å². The first-order valence-corrected chi connectivity index (χ1v) is 8.35. The number of carbonyl (C=O) groups excluding carboxylic acids is 1. The number of fused-ring (bicyclic) bond motifs is 1. The molecule has 0 saturated carbocycles. The summed E-state index contributed by atoms with van der Waals surface area (Å²) in [5.41, 5.74) is 3.67. The summed E-state index contributed by atoms with van der Waals surface area (Å²) in [5.74, 6) is 1.40. The standard InChI is InChI=1S/C19H25NO3/c1-22-18-8-7-15-6-5-14(10-17(15)11-18)12-20-9-3-4-16(13-20)19(21)23-2/h4,7-8,11,14H,3,5-6,9-10,12-13H2,1-2H3. The maximum atomic E-state index is 11.7. The van der Waals surface area contributed by atoms with Crippen LogP contribution in [0.1, 0.15) is 24.0 Å². The summed E-state index contributed by atoms with van der Waals surface area (Å²) in [6, 6.07) is 6.43. The maximum Gasteiger partial charge on any atom is 0.334 e. The lowest BCUT2D eigenvalue weighted by atomic mass is 9.83. The van der Waals surface area contributed by atoms with Crippen molar-refractivity contribution in [3.8, 4) is 5.75 Å². The third kappa shape index (κ3) is 3.75. The molecule has 1 aliphatic heterocycles. The zero-order valence-corrected chi connectivity index (χ0v) is 14.0. The van der Waals surface area contributed by atoms with E-state index in [1.54, 1.807) is 7.11 Å². The molecule has 1 aromatic carbocycles. The fraction of sp³-hybridized carbons (Fsp3) is 0.526. The first kappa shape index (κ1) is 16.1. The minimum absolute atomic E-state index is 0.187. The normalized spacial score (nSPS) is 21.3. The summed E-state index contributed by atoms with van der Waals surface area (Å²) < 4.78 is 10.2. The number of nitrogens with zero attached hydrogens (tertiary/aromatic N) is 1. The third-order valence-corrected chi connectivity index (χ3v) is 4.94. The fourth-order valence-corrected chi connectivity index (χ4v) is 3.70. The number of methoxy groups -OCH3 is 2. The van der Waals surface area contributed by atoms with Gasteiger partial charge in [0, 0.05) is 25.2 Å². The van der Waals surface area contributed by atoms with Crippen molar-refractivity contribution in [1.82, 2.24) is 4.90 Å². The van der Waals surface area contributed by atoms with E-state index in [0.29, 0.717) is 12.5 Å². The lowest BCUT2D eigenvalue weighted by molar-refractivity contribution is -0.136. The molecule has 0 saturated heterocycles. The van der Waals surface area contributed by atoms with E-state index >= 15 is 0 Å². The van der Waals surface area contributed by atoms with Crippen LogP contribution in [0.2, 0.25) is 0 Å². The molecule has 1 aromatic rings. The number of hydrogen-bond donors (Lipinski definition) is 0. The van der Waals surface area contributed by atoms with Crippen LogP contribution in [-0.2, 0) is 22.4 Å². The van der Waals surface area contributed by atoms with Crippen molar-refractivity contribution >= 4 is 5.97 Å². The number of benzene rings is 1. The van der Waals surface area contributed by atoms with Crippen LogP contribution in [0.15, 0.2) is 29.8 Å². The van der Waals surface area contributed by atoms with Crippen LogP contribution in [-0.4, -0.2) is 44.7 Å². The lowest BCUT2D eigenvalue weighted by Gasteiger charge is -2.32. The Balaban J connectivity index is 1.61. The fourth-order valence-electron chi connectivity index (χ4n) is 3.70. The van der Waals surface area contributed by atoms with Crippen molar-refractivity contribution in [3.05, 3.63) is 41.0 Å². The summed E-state index contributed by atoms with van der Waals surface area (Å²) in [4.78, 5) is 14.1. The average molecular weight is 315 g/mol. The number of carbonyl (C=O) groups is 1. The molecule has 1 aliphatic carbocycles. The van der Waals surface area contributed by atoms with E-state index in [0.717, 1.165) is 43.7 Å². The molecule has 1 atom stereocenters. The Morgan fingerprint density at radius 1 is 1.30 bits per heavy atom. The highest BCUT2D eigenvalue weighted by atomic mass is 16.5. The summed E-state index contributed by atoms with van der Waals surface area (Å²) >= 11 is 0. The molecule has 0 aromatic heterocycles. The Morgan fingerprint density at radius 3 is 2.96 bits per heavy atom. The molecule has 4 nitrogen and oxygen atoms in total. The molecule has 1 heterocycles. The molecule has 2 aliphatic rings. The average Bonchev–Trinajstić information content (AvgIpc) is 2.60. The molecular formula is C19H25NO3. The van der Waals surface area contributed by atoms with Crippen LogP contribution in [0, 0.1) is 5.92 Å². The number of esters is 1. The van der Waals surface area contributed by atoms with Gasteiger partial charge in [0.05, 0.1) is 14.2 Å². The molecule has 0 spiro atoms. The predicted molar refractivity (Wildman–Crippen MR) is 89.7 cm³/mol. The summed E-state index contributed by atoms with van der Waals surface area (Å²) in [7, 11) is 3.17. The maximum absolute atomic E-state index is 11.7. The van der Waals surface area contributed by atoms with Crippen molar-refractivity contribution in [1.29, 1.82) is 0 Å². The zero-order chi connectivity index (χ0) is 16.2. The molecule has 0 radical (unpaired) electrons. The highest BCUT2D eigenvalue weighted by molar-refractivity contribution is 5.88. The first-order chi connectivity index (χ1) is 11.2. The van der Waals surface area contributed by atoms with E-state index < -0.39 is 0 Å². The molecule has 124 valence electrons. The van der Waals surface area contributed by atoms with Crippen LogP contribution >= 0.6 is 0 Å². The van der Waals surface area contributed by atoms with E-state index in [1.165, 1.54) is 24.7 Å². The second kappa shape index (κ2) is 7.18. The highest BCUT2D eigenvalue weighted by Gasteiger charge is 2.24. The summed E-state index contributed by atoms with van der Waals surface area (Å²) in [6.45, 7) is 2.79. The Hall–Kier alpha value is -1.81. The van der Waals surface area contributed by atoms with Gasteiger partial charge in [-0.25, -0.2) is 4.79 Å². The monoisotopic (exact) mass is 315 g/mol. The van der Waals surface area contributed by atoms with E-state index in [4.69, 9.17) is 9.47 Å². The highest BCUT2D eigenvalue weighted by Crippen LogP contribution is 2.29. The van der Waals surface area contributed by atoms with E-state index in [-0.39, 0.29) is 5.97 Å². The van der Waals surface area contributed by atoms with E-state index in [9.17, 15) is 4.79 Å². The zero-order valence-electron chi connectivity index (χ0n) is 14.0. The first-order valence-electron chi connectivity index (χ1n) is 8.35. The van der Waals surface area contributed by atoms with Crippen molar-refractivity contribution in [2.24, 2.45) is 5.92 Å². The van der Waals surface area contributed by atoms with Gasteiger partial charge in [-0.15, -0.1) is 0 Å². The number of aryl methyl sites for hydroxylation is 1. The third-order valence-electron chi connectivity index (χ3n) is 4.94. The number of hydrogen-bond acceptors (Lipinski definition) is 4. The van der Waals surface area contributed by atoms with E-state index in [1.807, 2.05) is 6.08 Å². The molecular weight excluding hydrogens is 290 g/mol. The Kier molecular flexibility index (Phi) is 5.01. The second-order valence-electron chi connectivity index (χ2n) is 6.49. The minimum Gasteiger partial charge on any atom is -0.497 e. The van der Waals surface area contributed by atoms with Crippen molar-refractivity contribution < 1.29 is 14.3 Å². The van der Waals surface area contributed by atoms with Gasteiger partial charge in [0.1, 0.15) is 5.75 Å². The van der Waals surface area contributed by atoms with Crippen LogP contribution in [0.4, 0.5) is 0 Å². The molecule has 0 N–H and O–H groups in total. The van der Waals surface area contributed by atoms with Gasteiger partial charge < -0.3 is 9.47 Å². The van der Waals surface area contributed by atoms with Crippen LogP contribution < -0.4 is 4.74 Å². The van der Waals surface area contributed by atoms with E-state index in [2.05, 4.69) is 23.1 Å². The van der Waals surface area contributed by atoms with Crippen LogP contribution in [0.3, 0.4) is 0 Å². The smallest absolute Gasteiger partial charge is 0.334 e.